The number of likely N-dealkylation sites (N-methyl/N-ethyl adjacent to an activating group) is 1. The molecule has 1 fully saturated rings. The molecule has 1 unspecified atom stereocenters. The van der Waals surface area contributed by atoms with Gasteiger partial charge in [0.25, 0.3) is 0 Å². The topological polar surface area (TPSA) is 12.0 Å². The van der Waals surface area contributed by atoms with Crippen molar-refractivity contribution in [3.8, 4) is 0 Å². The molecule has 0 heterocycles. The Morgan fingerprint density at radius 2 is 1.95 bits per heavy atom. The van der Waals surface area contributed by atoms with Gasteiger partial charge in [0.2, 0.25) is 0 Å². The molecule has 0 amide bonds. The van der Waals surface area contributed by atoms with Crippen molar-refractivity contribution in [1.82, 2.24) is 5.32 Å². The molecule has 0 saturated heterocycles. The summed E-state index contributed by atoms with van der Waals surface area (Å²) in [6.45, 7) is 2.22. The molecule has 1 saturated carbocycles. The highest BCUT2D eigenvalue weighted by Crippen LogP contribution is 2.42. The van der Waals surface area contributed by atoms with Crippen molar-refractivity contribution < 1.29 is 8.78 Å². The first-order chi connectivity index (χ1) is 8.98. The molecule has 19 heavy (non-hydrogen) atoms. The van der Waals surface area contributed by atoms with Crippen molar-refractivity contribution in [2.75, 3.05) is 7.05 Å². The van der Waals surface area contributed by atoms with Crippen molar-refractivity contribution in [2.45, 2.75) is 45.1 Å². The molecule has 106 valence electrons. The maximum atomic E-state index is 14.1. The summed E-state index contributed by atoms with van der Waals surface area (Å²) in [5.74, 6) is -0.926. The fraction of sp³-hybridized carbons (Fsp3) is 0.600. The lowest BCUT2D eigenvalue weighted by Gasteiger charge is -2.34. The molecular weight excluding hydrogens is 312 g/mol. The Morgan fingerprint density at radius 3 is 2.53 bits per heavy atom. The van der Waals surface area contributed by atoms with Crippen LogP contribution in [0.4, 0.5) is 8.78 Å². The summed E-state index contributed by atoms with van der Waals surface area (Å²) >= 11 is 3.13. The summed E-state index contributed by atoms with van der Waals surface area (Å²) in [4.78, 5) is 0. The van der Waals surface area contributed by atoms with Crippen LogP contribution in [0, 0.1) is 17.0 Å². The Bertz CT molecular complexity index is 456. The molecule has 1 aromatic rings. The lowest BCUT2D eigenvalue weighted by molar-refractivity contribution is 0.226. The fourth-order valence-electron chi connectivity index (χ4n) is 3.19. The van der Waals surface area contributed by atoms with Gasteiger partial charge in [-0.25, -0.2) is 8.78 Å². The van der Waals surface area contributed by atoms with Crippen molar-refractivity contribution >= 4 is 15.9 Å². The number of nitrogens with one attached hydrogen (secondary N) is 1. The highest BCUT2D eigenvalue weighted by atomic mass is 79.9. The fourth-order valence-corrected chi connectivity index (χ4v) is 3.56. The van der Waals surface area contributed by atoms with Crippen LogP contribution in [-0.4, -0.2) is 13.1 Å². The average molecular weight is 332 g/mol. The van der Waals surface area contributed by atoms with Gasteiger partial charge < -0.3 is 5.32 Å². The van der Waals surface area contributed by atoms with Crippen LogP contribution in [0.25, 0.3) is 0 Å². The van der Waals surface area contributed by atoms with Crippen molar-refractivity contribution in [3.63, 3.8) is 0 Å². The van der Waals surface area contributed by atoms with Crippen molar-refractivity contribution in [2.24, 2.45) is 5.41 Å². The Balaban J connectivity index is 2.26. The monoisotopic (exact) mass is 331 g/mol. The summed E-state index contributed by atoms with van der Waals surface area (Å²) in [7, 11) is 1.88. The van der Waals surface area contributed by atoms with E-state index < -0.39 is 11.6 Å². The molecule has 0 aliphatic heterocycles. The molecule has 1 atom stereocenters. The maximum Gasteiger partial charge on any atom is 0.143 e. The Hall–Kier alpha value is -0.480. The molecule has 0 spiro atoms. The number of hydrogen-bond acceptors (Lipinski definition) is 1. The van der Waals surface area contributed by atoms with Crippen molar-refractivity contribution in [1.29, 1.82) is 0 Å². The quantitative estimate of drug-likeness (QED) is 0.804. The van der Waals surface area contributed by atoms with Gasteiger partial charge in [-0.3, -0.25) is 0 Å². The predicted octanol–water partition coefficient (Wildman–Crippen LogP) is 4.44. The third kappa shape index (κ3) is 3.00. The third-order valence-corrected chi connectivity index (χ3v) is 5.10. The van der Waals surface area contributed by atoms with E-state index in [0.29, 0.717) is 10.9 Å². The Morgan fingerprint density at radius 1 is 1.32 bits per heavy atom. The molecule has 1 aliphatic rings. The number of hydrogen-bond donors (Lipinski definition) is 1. The minimum absolute atomic E-state index is 0.105. The van der Waals surface area contributed by atoms with Gasteiger partial charge in [-0.1, -0.05) is 19.8 Å². The largest absolute Gasteiger partial charge is 0.316 e. The highest BCUT2D eigenvalue weighted by Gasteiger charge is 2.37. The van der Waals surface area contributed by atoms with E-state index in [2.05, 4.69) is 28.2 Å². The highest BCUT2D eigenvalue weighted by molar-refractivity contribution is 9.10. The number of benzene rings is 1. The first-order valence-electron chi connectivity index (χ1n) is 6.77. The third-order valence-electron chi connectivity index (χ3n) is 4.48. The smallest absolute Gasteiger partial charge is 0.143 e. The van der Waals surface area contributed by atoms with E-state index in [1.807, 2.05) is 7.05 Å². The van der Waals surface area contributed by atoms with Gasteiger partial charge in [0.1, 0.15) is 11.6 Å². The van der Waals surface area contributed by atoms with Gasteiger partial charge in [-0.05, 0) is 59.8 Å². The van der Waals surface area contributed by atoms with E-state index in [4.69, 9.17) is 0 Å². The molecule has 1 nitrogen and oxygen atoms in total. The van der Waals surface area contributed by atoms with Gasteiger partial charge >= 0.3 is 0 Å². The zero-order chi connectivity index (χ0) is 14.0. The van der Waals surface area contributed by atoms with E-state index in [1.54, 1.807) is 0 Å². The molecule has 1 aliphatic carbocycles. The molecule has 4 heteroatoms. The zero-order valence-electron chi connectivity index (χ0n) is 11.4. The van der Waals surface area contributed by atoms with Gasteiger partial charge in [0.15, 0.2) is 0 Å². The van der Waals surface area contributed by atoms with E-state index in [0.717, 1.165) is 12.8 Å². The summed E-state index contributed by atoms with van der Waals surface area (Å²) in [6.07, 6.45) is 5.05. The van der Waals surface area contributed by atoms with Crippen LogP contribution in [0.1, 0.15) is 38.2 Å². The van der Waals surface area contributed by atoms with Crippen LogP contribution in [0.5, 0.6) is 0 Å². The molecule has 0 radical (unpaired) electrons. The van der Waals surface area contributed by atoms with E-state index in [9.17, 15) is 8.78 Å². The molecular formula is C15H20BrF2N. The van der Waals surface area contributed by atoms with Crippen LogP contribution >= 0.6 is 15.9 Å². The lowest BCUT2D eigenvalue weighted by atomic mass is 9.78. The lowest BCUT2D eigenvalue weighted by Crippen LogP contribution is -2.42. The second kappa shape index (κ2) is 5.88. The Kier molecular flexibility index (Phi) is 4.62. The summed E-state index contributed by atoms with van der Waals surface area (Å²) in [6, 6.07) is 2.85. The number of halogens is 3. The van der Waals surface area contributed by atoms with E-state index >= 15 is 0 Å². The van der Waals surface area contributed by atoms with Crippen LogP contribution in [0.2, 0.25) is 0 Å². The van der Waals surface area contributed by atoms with Crippen molar-refractivity contribution in [3.05, 3.63) is 33.8 Å². The second-order valence-corrected chi connectivity index (χ2v) is 6.58. The minimum Gasteiger partial charge on any atom is -0.316 e. The number of rotatable bonds is 4. The second-order valence-electron chi connectivity index (χ2n) is 5.73. The SMILES string of the molecule is CNC(Cc1c(F)ccc(Br)c1F)C1(C)CCCC1. The first-order valence-corrected chi connectivity index (χ1v) is 7.57. The molecule has 1 aromatic carbocycles. The van der Waals surface area contributed by atoms with Crippen LogP contribution in [0.3, 0.4) is 0 Å². The average Bonchev–Trinajstić information content (AvgIpc) is 2.82. The summed E-state index contributed by atoms with van der Waals surface area (Å²) in [5.41, 5.74) is 0.317. The molecule has 0 bridgehead atoms. The standard InChI is InChI=1S/C15H20BrF2N/c1-15(7-3-4-8-15)13(19-2)9-10-12(17)6-5-11(16)14(10)18/h5-6,13,19H,3-4,7-9H2,1-2H3. The van der Waals surface area contributed by atoms with Crippen LogP contribution in [0.15, 0.2) is 16.6 Å². The minimum atomic E-state index is -0.471. The Labute approximate surface area is 121 Å². The van der Waals surface area contributed by atoms with Gasteiger partial charge in [-0.15, -0.1) is 0 Å². The van der Waals surface area contributed by atoms with E-state index in [1.165, 1.54) is 25.0 Å². The predicted molar refractivity (Wildman–Crippen MR) is 77.2 cm³/mol. The first kappa shape index (κ1) is 14.9. The molecule has 2 rings (SSSR count). The molecule has 1 N–H and O–H groups in total. The van der Waals surface area contributed by atoms with Gasteiger partial charge in [0.05, 0.1) is 4.47 Å². The van der Waals surface area contributed by atoms with Crippen LogP contribution in [-0.2, 0) is 6.42 Å². The zero-order valence-corrected chi connectivity index (χ0v) is 13.0. The summed E-state index contributed by atoms with van der Waals surface area (Å²) in [5, 5.41) is 3.26. The summed E-state index contributed by atoms with van der Waals surface area (Å²) < 4.78 is 28.2. The van der Waals surface area contributed by atoms with Gasteiger partial charge in [0, 0.05) is 11.6 Å². The van der Waals surface area contributed by atoms with Gasteiger partial charge in [-0.2, -0.15) is 0 Å². The van der Waals surface area contributed by atoms with Crippen LogP contribution < -0.4 is 5.32 Å². The normalized spacial score (nSPS) is 19.6. The molecule has 0 aromatic heterocycles. The maximum absolute atomic E-state index is 14.1. The van der Waals surface area contributed by atoms with E-state index in [-0.39, 0.29) is 17.0 Å².